The van der Waals surface area contributed by atoms with E-state index in [1.165, 1.54) is 0 Å². The Kier molecular flexibility index (Phi) is 4.33. The molecule has 0 rings (SSSR count). The lowest BCUT2D eigenvalue weighted by atomic mass is 10.0. The number of hydrogen-bond acceptors (Lipinski definition) is 3. The van der Waals surface area contributed by atoms with Crippen molar-refractivity contribution in [2.45, 2.75) is 24.1 Å². The molecule has 0 aromatic heterocycles. The SMILES string of the molecule is OP(O)OC(C(F)(F)F)(C(F)(F)F)C(F)(F)F. The van der Waals surface area contributed by atoms with Gasteiger partial charge in [0.15, 0.2) is 0 Å². The quantitative estimate of drug-likeness (QED) is 0.609. The van der Waals surface area contributed by atoms with Gasteiger partial charge in [-0.1, -0.05) is 0 Å². The zero-order chi connectivity index (χ0) is 14.3. The van der Waals surface area contributed by atoms with Crippen LogP contribution in [0.5, 0.6) is 0 Å². The second kappa shape index (κ2) is 4.41. The summed E-state index contributed by atoms with van der Waals surface area (Å²) in [6.45, 7) is 0. The number of rotatable bonds is 2. The van der Waals surface area contributed by atoms with Crippen LogP contribution in [0, 0.1) is 0 Å². The van der Waals surface area contributed by atoms with Crippen LogP contribution in [0.4, 0.5) is 39.5 Å². The molecule has 0 aliphatic rings. The van der Waals surface area contributed by atoms with Crippen LogP contribution in [-0.4, -0.2) is 33.9 Å². The summed E-state index contributed by atoms with van der Waals surface area (Å²) in [5, 5.41) is 0. The lowest BCUT2D eigenvalue weighted by Gasteiger charge is -2.37. The molecule has 0 amide bonds. The first-order valence-electron chi connectivity index (χ1n) is 3.24. The van der Waals surface area contributed by atoms with Gasteiger partial charge in [-0.2, -0.15) is 39.5 Å². The predicted molar refractivity (Wildman–Crippen MR) is 33.3 cm³/mol. The van der Waals surface area contributed by atoms with Crippen molar-refractivity contribution in [1.82, 2.24) is 0 Å². The molecule has 0 spiro atoms. The molecule has 0 radical (unpaired) electrons. The summed E-state index contributed by atoms with van der Waals surface area (Å²) in [7, 11) is -4.54. The van der Waals surface area contributed by atoms with Crippen LogP contribution >= 0.6 is 8.60 Å². The summed E-state index contributed by atoms with van der Waals surface area (Å²) < 4.78 is 110. The fraction of sp³-hybridized carbons (Fsp3) is 1.00. The molecular weight excluding hydrogens is 298 g/mol. The standard InChI is InChI=1S/C4H2F9O3P/c5-2(6,7)1(3(8,9)10,4(11,12)13)16-17(14)15/h14-15H. The van der Waals surface area contributed by atoms with Crippen LogP contribution in [0.2, 0.25) is 0 Å². The largest absolute Gasteiger partial charge is 0.436 e. The van der Waals surface area contributed by atoms with Crippen molar-refractivity contribution >= 4 is 8.60 Å². The molecule has 0 aliphatic heterocycles. The first-order chi connectivity index (χ1) is 7.17. The fourth-order valence-electron chi connectivity index (χ4n) is 0.760. The van der Waals surface area contributed by atoms with Gasteiger partial charge in [0.25, 0.3) is 0 Å². The Balaban J connectivity index is 5.93. The van der Waals surface area contributed by atoms with Gasteiger partial charge in [0, 0.05) is 0 Å². The van der Waals surface area contributed by atoms with Gasteiger partial charge in [0.1, 0.15) is 0 Å². The topological polar surface area (TPSA) is 49.7 Å². The highest BCUT2D eigenvalue weighted by Gasteiger charge is 2.86. The molecule has 3 nitrogen and oxygen atoms in total. The zero-order valence-electron chi connectivity index (χ0n) is 7.15. The Morgan fingerprint density at radius 2 is 0.882 bits per heavy atom. The highest BCUT2D eigenvalue weighted by molar-refractivity contribution is 7.39. The maximum Gasteiger partial charge on any atom is 0.436 e. The minimum Gasteiger partial charge on any atom is -0.328 e. The third-order valence-corrected chi connectivity index (χ3v) is 1.85. The van der Waals surface area contributed by atoms with Gasteiger partial charge < -0.3 is 9.79 Å². The second-order valence-corrected chi connectivity index (χ2v) is 3.21. The Hall–Kier alpha value is -0.320. The van der Waals surface area contributed by atoms with E-state index in [1.54, 1.807) is 0 Å². The maximum atomic E-state index is 12.0. The monoisotopic (exact) mass is 300 g/mol. The van der Waals surface area contributed by atoms with Gasteiger partial charge in [-0.05, 0) is 0 Å². The highest BCUT2D eigenvalue weighted by Crippen LogP contribution is 2.58. The Bertz CT molecular complexity index is 229. The van der Waals surface area contributed by atoms with Gasteiger partial charge >= 0.3 is 32.7 Å². The van der Waals surface area contributed by atoms with E-state index in [9.17, 15) is 39.5 Å². The Morgan fingerprint density at radius 1 is 0.647 bits per heavy atom. The van der Waals surface area contributed by atoms with Crippen LogP contribution in [0.15, 0.2) is 0 Å². The zero-order valence-corrected chi connectivity index (χ0v) is 8.05. The molecular formula is C4H2F9O3P. The van der Waals surface area contributed by atoms with E-state index >= 15 is 0 Å². The smallest absolute Gasteiger partial charge is 0.328 e. The van der Waals surface area contributed by atoms with Crippen LogP contribution < -0.4 is 0 Å². The lowest BCUT2D eigenvalue weighted by Crippen LogP contribution is -2.67. The second-order valence-electron chi connectivity index (χ2n) is 2.52. The van der Waals surface area contributed by atoms with Gasteiger partial charge in [0.05, 0.1) is 0 Å². The molecule has 0 atom stereocenters. The summed E-state index contributed by atoms with van der Waals surface area (Å²) in [5.41, 5.74) is -6.64. The van der Waals surface area contributed by atoms with Gasteiger partial charge in [-0.15, -0.1) is 0 Å². The van der Waals surface area contributed by atoms with Crippen molar-refractivity contribution in [2.24, 2.45) is 0 Å². The molecule has 0 unspecified atom stereocenters. The minimum atomic E-state index is -6.96. The van der Waals surface area contributed by atoms with Gasteiger partial charge in [-0.25, -0.2) is 0 Å². The summed E-state index contributed by atoms with van der Waals surface area (Å²) in [6, 6.07) is 0. The van der Waals surface area contributed by atoms with Crippen LogP contribution in [0.25, 0.3) is 0 Å². The third kappa shape index (κ3) is 2.92. The van der Waals surface area contributed by atoms with E-state index in [2.05, 4.69) is 4.52 Å². The normalized spacial score (nSPS) is 15.5. The molecule has 2 N–H and O–H groups in total. The van der Waals surface area contributed by atoms with E-state index in [0.29, 0.717) is 0 Å². The average Bonchev–Trinajstić information content (AvgIpc) is 1.91. The van der Waals surface area contributed by atoms with E-state index in [0.717, 1.165) is 0 Å². The molecule has 0 bridgehead atoms. The van der Waals surface area contributed by atoms with Crippen molar-refractivity contribution in [3.05, 3.63) is 0 Å². The summed E-state index contributed by atoms with van der Waals surface area (Å²) in [5.74, 6) is 0. The Labute approximate surface area is 87.8 Å². The van der Waals surface area contributed by atoms with Crippen molar-refractivity contribution in [2.75, 3.05) is 0 Å². The molecule has 17 heavy (non-hydrogen) atoms. The third-order valence-electron chi connectivity index (χ3n) is 1.42. The van der Waals surface area contributed by atoms with Crippen LogP contribution in [-0.2, 0) is 4.52 Å². The maximum absolute atomic E-state index is 12.0. The molecule has 0 fully saturated rings. The average molecular weight is 300 g/mol. The van der Waals surface area contributed by atoms with E-state index in [1.807, 2.05) is 0 Å². The minimum absolute atomic E-state index is 2.33. The number of alkyl halides is 9. The highest BCUT2D eigenvalue weighted by atomic mass is 31.2. The van der Waals surface area contributed by atoms with Crippen molar-refractivity contribution in [3.8, 4) is 0 Å². The van der Waals surface area contributed by atoms with E-state index in [4.69, 9.17) is 9.79 Å². The number of halogens is 9. The number of hydrogen-bond donors (Lipinski definition) is 2. The van der Waals surface area contributed by atoms with Crippen LogP contribution in [0.1, 0.15) is 0 Å². The lowest BCUT2D eigenvalue weighted by molar-refractivity contribution is -0.438. The summed E-state index contributed by atoms with van der Waals surface area (Å²) >= 11 is 0. The van der Waals surface area contributed by atoms with E-state index in [-0.39, 0.29) is 0 Å². The van der Waals surface area contributed by atoms with E-state index < -0.39 is 32.7 Å². The molecule has 0 aliphatic carbocycles. The first-order valence-corrected chi connectivity index (χ1v) is 4.40. The van der Waals surface area contributed by atoms with Crippen LogP contribution in [0.3, 0.4) is 0 Å². The molecule has 0 aromatic carbocycles. The van der Waals surface area contributed by atoms with Gasteiger partial charge in [-0.3, -0.25) is 4.52 Å². The fourth-order valence-corrected chi connectivity index (χ4v) is 1.32. The predicted octanol–water partition coefficient (Wildman–Crippen LogP) is 2.64. The molecule has 104 valence electrons. The van der Waals surface area contributed by atoms with Crippen molar-refractivity contribution in [1.29, 1.82) is 0 Å². The summed E-state index contributed by atoms with van der Waals surface area (Å²) in [4.78, 5) is 15.8. The van der Waals surface area contributed by atoms with Gasteiger partial charge in [0.2, 0.25) is 0 Å². The molecule has 0 aromatic rings. The first kappa shape index (κ1) is 16.7. The molecule has 0 heterocycles. The summed E-state index contributed by atoms with van der Waals surface area (Å²) in [6.07, 6.45) is -20.9. The van der Waals surface area contributed by atoms with Crippen molar-refractivity contribution < 1.29 is 53.8 Å². The molecule has 0 saturated carbocycles. The van der Waals surface area contributed by atoms with Crippen molar-refractivity contribution in [3.63, 3.8) is 0 Å². The molecule has 13 heteroatoms. The Morgan fingerprint density at radius 3 is 0.941 bits per heavy atom. The molecule has 0 saturated heterocycles.